The predicted octanol–water partition coefficient (Wildman–Crippen LogP) is 4.30. The summed E-state index contributed by atoms with van der Waals surface area (Å²) in [6.45, 7) is 6.39. The molecule has 8 heteroatoms. The molecule has 4 rings (SSSR count). The Kier molecular flexibility index (Phi) is 8.36. The van der Waals surface area contributed by atoms with Crippen molar-refractivity contribution in [1.82, 2.24) is 9.80 Å². The summed E-state index contributed by atoms with van der Waals surface area (Å²) in [7, 11) is 1.60. The topological polar surface area (TPSA) is 88.5 Å². The van der Waals surface area contributed by atoms with Crippen LogP contribution in [0.4, 0.5) is 0 Å². The fraction of sp³-hybridized carbons (Fsp3) is 0.500. The van der Waals surface area contributed by atoms with Gasteiger partial charge in [0.15, 0.2) is 11.5 Å². The van der Waals surface area contributed by atoms with Gasteiger partial charge in [-0.15, -0.1) is 0 Å². The first kappa shape index (κ1) is 25.8. The van der Waals surface area contributed by atoms with Crippen LogP contribution < -0.4 is 14.2 Å². The molecule has 3 atom stereocenters. The Morgan fingerprint density at radius 1 is 1.03 bits per heavy atom. The number of unbranched alkanes of at least 4 members (excludes halogenated alkanes) is 1. The number of aliphatic carboxylic acids is 1. The van der Waals surface area contributed by atoms with E-state index in [4.69, 9.17) is 14.2 Å². The van der Waals surface area contributed by atoms with E-state index in [1.54, 1.807) is 7.11 Å². The quantitative estimate of drug-likeness (QED) is 0.496. The molecule has 1 N–H and O–H groups in total. The molecule has 1 saturated heterocycles. The van der Waals surface area contributed by atoms with Gasteiger partial charge in [0.25, 0.3) is 0 Å². The molecule has 2 heterocycles. The molecule has 2 aromatic rings. The average Bonchev–Trinajstić information content (AvgIpc) is 3.50. The molecule has 0 aliphatic carbocycles. The van der Waals surface area contributed by atoms with Crippen molar-refractivity contribution in [1.29, 1.82) is 0 Å². The third-order valence-electron chi connectivity index (χ3n) is 7.13. The maximum atomic E-state index is 13.4. The Labute approximate surface area is 212 Å². The SMILES string of the molecule is CCCCN(CCC)C(=O)CN1CC(c2ccc3c(c2)OCO3)C(C(=O)O)C1c1ccc(OC)cc1. The zero-order valence-corrected chi connectivity index (χ0v) is 21.3. The number of carbonyl (C=O) groups excluding carboxylic acids is 1. The second-order valence-corrected chi connectivity index (χ2v) is 9.46. The summed E-state index contributed by atoms with van der Waals surface area (Å²) in [6.07, 6.45) is 2.85. The lowest BCUT2D eigenvalue weighted by Gasteiger charge is -2.30. The van der Waals surface area contributed by atoms with E-state index in [-0.39, 0.29) is 25.2 Å². The molecule has 0 aromatic heterocycles. The number of nitrogens with zero attached hydrogens (tertiary/aromatic N) is 2. The minimum absolute atomic E-state index is 0.0410. The number of hydrogen-bond acceptors (Lipinski definition) is 6. The van der Waals surface area contributed by atoms with Gasteiger partial charge in [0, 0.05) is 31.6 Å². The van der Waals surface area contributed by atoms with E-state index in [9.17, 15) is 14.7 Å². The molecule has 2 aliphatic rings. The van der Waals surface area contributed by atoms with Gasteiger partial charge in [0.05, 0.1) is 19.6 Å². The van der Waals surface area contributed by atoms with Gasteiger partial charge < -0.3 is 24.2 Å². The highest BCUT2D eigenvalue weighted by molar-refractivity contribution is 5.79. The smallest absolute Gasteiger partial charge is 0.309 e. The molecule has 2 aliphatic heterocycles. The van der Waals surface area contributed by atoms with Crippen LogP contribution in [-0.4, -0.2) is 66.9 Å². The van der Waals surface area contributed by atoms with Crippen molar-refractivity contribution in [2.24, 2.45) is 5.92 Å². The van der Waals surface area contributed by atoms with Crippen LogP contribution in [0, 0.1) is 5.92 Å². The number of ether oxygens (including phenoxy) is 3. The van der Waals surface area contributed by atoms with Gasteiger partial charge in [0.2, 0.25) is 12.7 Å². The van der Waals surface area contributed by atoms with Crippen molar-refractivity contribution < 1.29 is 28.9 Å². The van der Waals surface area contributed by atoms with Crippen molar-refractivity contribution in [3.8, 4) is 17.2 Å². The zero-order chi connectivity index (χ0) is 25.7. The monoisotopic (exact) mass is 496 g/mol. The van der Waals surface area contributed by atoms with Crippen LogP contribution in [0.25, 0.3) is 0 Å². The Bertz CT molecular complexity index is 1060. The van der Waals surface area contributed by atoms with E-state index in [0.717, 1.165) is 36.9 Å². The number of amides is 1. The third-order valence-corrected chi connectivity index (χ3v) is 7.13. The Morgan fingerprint density at radius 2 is 1.75 bits per heavy atom. The minimum Gasteiger partial charge on any atom is -0.497 e. The highest BCUT2D eigenvalue weighted by Gasteiger charge is 2.48. The van der Waals surface area contributed by atoms with Gasteiger partial charge in [-0.2, -0.15) is 0 Å². The van der Waals surface area contributed by atoms with E-state index in [1.807, 2.05) is 52.3 Å². The highest BCUT2D eigenvalue weighted by Crippen LogP contribution is 2.47. The summed E-state index contributed by atoms with van der Waals surface area (Å²) < 4.78 is 16.3. The Hall–Kier alpha value is -3.26. The van der Waals surface area contributed by atoms with Crippen LogP contribution in [-0.2, 0) is 9.59 Å². The minimum atomic E-state index is -0.884. The molecule has 0 saturated carbocycles. The summed E-state index contributed by atoms with van der Waals surface area (Å²) in [5.41, 5.74) is 1.73. The second kappa shape index (κ2) is 11.6. The first-order valence-corrected chi connectivity index (χ1v) is 12.7. The molecule has 1 fully saturated rings. The summed E-state index contributed by atoms with van der Waals surface area (Å²) in [5, 5.41) is 10.4. The fourth-order valence-corrected chi connectivity index (χ4v) is 5.33. The number of carbonyl (C=O) groups is 2. The van der Waals surface area contributed by atoms with E-state index in [1.165, 1.54) is 0 Å². The highest BCUT2D eigenvalue weighted by atomic mass is 16.7. The normalized spacial score (nSPS) is 20.9. The van der Waals surface area contributed by atoms with Crippen LogP contribution in [0.5, 0.6) is 17.2 Å². The van der Waals surface area contributed by atoms with Crippen LogP contribution in [0.15, 0.2) is 42.5 Å². The van der Waals surface area contributed by atoms with E-state index >= 15 is 0 Å². The molecule has 0 radical (unpaired) electrons. The van der Waals surface area contributed by atoms with Crippen LogP contribution in [0.1, 0.15) is 56.2 Å². The van der Waals surface area contributed by atoms with Crippen LogP contribution in [0.3, 0.4) is 0 Å². The molecular formula is C28H36N2O6. The van der Waals surface area contributed by atoms with E-state index in [2.05, 4.69) is 13.8 Å². The number of rotatable bonds is 11. The van der Waals surface area contributed by atoms with E-state index < -0.39 is 17.9 Å². The summed E-state index contributed by atoms with van der Waals surface area (Å²) in [6, 6.07) is 12.7. The number of carboxylic acid groups (broad SMARTS) is 1. The first-order valence-electron chi connectivity index (χ1n) is 12.7. The van der Waals surface area contributed by atoms with Gasteiger partial charge in [-0.1, -0.05) is 38.5 Å². The molecule has 3 unspecified atom stereocenters. The third kappa shape index (κ3) is 5.43. The van der Waals surface area contributed by atoms with Crippen molar-refractivity contribution in [2.45, 2.75) is 45.1 Å². The Balaban J connectivity index is 1.68. The lowest BCUT2D eigenvalue weighted by Crippen LogP contribution is -2.41. The van der Waals surface area contributed by atoms with Gasteiger partial charge >= 0.3 is 5.97 Å². The molecule has 194 valence electrons. The van der Waals surface area contributed by atoms with Crippen molar-refractivity contribution in [3.63, 3.8) is 0 Å². The number of fused-ring (bicyclic) bond motifs is 1. The lowest BCUT2D eigenvalue weighted by atomic mass is 9.82. The molecule has 1 amide bonds. The molecule has 36 heavy (non-hydrogen) atoms. The first-order chi connectivity index (χ1) is 17.5. The van der Waals surface area contributed by atoms with Crippen molar-refractivity contribution in [2.75, 3.05) is 40.1 Å². The fourth-order valence-electron chi connectivity index (χ4n) is 5.33. The molecule has 8 nitrogen and oxygen atoms in total. The Morgan fingerprint density at radius 3 is 2.42 bits per heavy atom. The average molecular weight is 497 g/mol. The zero-order valence-electron chi connectivity index (χ0n) is 21.3. The molecule has 2 aromatic carbocycles. The number of benzene rings is 2. The second-order valence-electron chi connectivity index (χ2n) is 9.46. The lowest BCUT2D eigenvalue weighted by molar-refractivity contribution is -0.144. The largest absolute Gasteiger partial charge is 0.497 e. The van der Waals surface area contributed by atoms with Crippen molar-refractivity contribution >= 4 is 11.9 Å². The van der Waals surface area contributed by atoms with Crippen LogP contribution >= 0.6 is 0 Å². The maximum absolute atomic E-state index is 13.4. The summed E-state index contributed by atoms with van der Waals surface area (Å²) in [4.78, 5) is 30.1. The summed E-state index contributed by atoms with van der Waals surface area (Å²) in [5.74, 6) is 0.0970. The number of likely N-dealkylation sites (tertiary alicyclic amines) is 1. The van der Waals surface area contributed by atoms with Gasteiger partial charge in [0.1, 0.15) is 5.75 Å². The van der Waals surface area contributed by atoms with Crippen LogP contribution in [0.2, 0.25) is 0 Å². The molecule has 0 bridgehead atoms. The summed E-state index contributed by atoms with van der Waals surface area (Å²) >= 11 is 0. The van der Waals surface area contributed by atoms with Crippen molar-refractivity contribution in [3.05, 3.63) is 53.6 Å². The van der Waals surface area contributed by atoms with E-state index in [0.29, 0.717) is 30.3 Å². The standard InChI is InChI=1S/C28H36N2O6/c1-4-6-14-29(13-5-2)25(31)17-30-16-22(20-9-12-23-24(15-20)36-18-35-23)26(28(32)33)27(30)19-7-10-21(34-3)11-8-19/h7-12,15,22,26-27H,4-6,13-14,16-18H2,1-3H3,(H,32,33). The predicted molar refractivity (Wildman–Crippen MR) is 136 cm³/mol. The van der Waals surface area contributed by atoms with Gasteiger partial charge in [-0.25, -0.2) is 0 Å². The van der Waals surface area contributed by atoms with Gasteiger partial charge in [-0.05, 0) is 48.2 Å². The number of methoxy groups -OCH3 is 1. The molecule has 0 spiro atoms. The number of carboxylic acids is 1. The molecular weight excluding hydrogens is 460 g/mol. The van der Waals surface area contributed by atoms with Gasteiger partial charge in [-0.3, -0.25) is 14.5 Å². The maximum Gasteiger partial charge on any atom is 0.309 e. The number of hydrogen-bond donors (Lipinski definition) is 1.